The van der Waals surface area contributed by atoms with Crippen LogP contribution in [0.3, 0.4) is 0 Å². The first-order valence-corrected chi connectivity index (χ1v) is 10.4. The van der Waals surface area contributed by atoms with E-state index in [0.29, 0.717) is 43.3 Å². The second-order valence-electron chi connectivity index (χ2n) is 8.83. The molecule has 0 radical (unpaired) electrons. The van der Waals surface area contributed by atoms with Gasteiger partial charge in [0.1, 0.15) is 11.4 Å². The number of aryl methyl sites for hydroxylation is 1. The number of carbonyl (C=O) groups is 3. The predicted octanol–water partition coefficient (Wildman–Crippen LogP) is 0.674. The number of hydrogen-bond donors (Lipinski definition) is 2. The molecule has 2 aliphatic carbocycles. The number of likely N-dealkylation sites (tertiary alicyclic amines) is 1. The van der Waals surface area contributed by atoms with Crippen LogP contribution >= 0.6 is 0 Å². The van der Waals surface area contributed by atoms with Gasteiger partial charge in [0.15, 0.2) is 0 Å². The molecule has 1 atom stereocenters. The number of rotatable bonds is 4. The molecule has 1 unspecified atom stereocenters. The van der Waals surface area contributed by atoms with Crippen LogP contribution in [0.15, 0.2) is 11.2 Å². The lowest BCUT2D eigenvalue weighted by Crippen LogP contribution is -2.43. The topological polar surface area (TPSA) is 109 Å². The summed E-state index contributed by atoms with van der Waals surface area (Å²) in [5.41, 5.74) is 4.56. The molecule has 1 spiro atoms. The van der Waals surface area contributed by atoms with E-state index < -0.39 is 0 Å². The molecule has 2 N–H and O–H groups in total. The molecule has 1 aromatic rings. The minimum atomic E-state index is -0.187. The maximum atomic E-state index is 12.9. The molecule has 2 aliphatic heterocycles. The van der Waals surface area contributed by atoms with Crippen molar-refractivity contribution in [2.45, 2.75) is 56.9 Å². The summed E-state index contributed by atoms with van der Waals surface area (Å²) in [6.45, 7) is 1.40. The van der Waals surface area contributed by atoms with E-state index in [1.807, 2.05) is 18.0 Å². The molecule has 2 saturated carbocycles. The molecular weight excluding hydrogens is 372 g/mol. The summed E-state index contributed by atoms with van der Waals surface area (Å²) in [4.78, 5) is 38.4. The molecule has 1 aromatic heterocycles. The maximum absolute atomic E-state index is 12.9. The highest BCUT2D eigenvalue weighted by Crippen LogP contribution is 2.54. The zero-order valence-electron chi connectivity index (χ0n) is 16.6. The lowest BCUT2D eigenvalue weighted by Gasteiger charge is -2.33. The van der Waals surface area contributed by atoms with Crippen molar-refractivity contribution in [1.82, 2.24) is 25.4 Å². The van der Waals surface area contributed by atoms with Crippen molar-refractivity contribution >= 4 is 23.4 Å². The van der Waals surface area contributed by atoms with Crippen LogP contribution in [-0.2, 0) is 16.6 Å². The molecule has 9 nitrogen and oxygen atoms in total. The second-order valence-corrected chi connectivity index (χ2v) is 8.83. The van der Waals surface area contributed by atoms with Crippen LogP contribution in [0.25, 0.3) is 0 Å². The minimum Gasteiger partial charge on any atom is -0.348 e. The largest absolute Gasteiger partial charge is 0.348 e. The van der Waals surface area contributed by atoms with Crippen molar-refractivity contribution in [2.75, 3.05) is 13.1 Å². The van der Waals surface area contributed by atoms with Gasteiger partial charge >= 0.3 is 0 Å². The average Bonchev–Trinajstić information content (AvgIpc) is 3.63. The van der Waals surface area contributed by atoms with Crippen LogP contribution in [0.5, 0.6) is 0 Å². The Labute approximate surface area is 168 Å². The van der Waals surface area contributed by atoms with E-state index in [9.17, 15) is 14.4 Å². The van der Waals surface area contributed by atoms with Gasteiger partial charge in [0.25, 0.3) is 11.8 Å². The molecule has 0 bridgehead atoms. The highest BCUT2D eigenvalue weighted by molar-refractivity contribution is 6.39. The number of nitrogens with zero attached hydrogens (tertiary/aromatic N) is 4. The quantitative estimate of drug-likeness (QED) is 0.777. The predicted molar refractivity (Wildman–Crippen MR) is 104 cm³/mol. The van der Waals surface area contributed by atoms with Crippen LogP contribution in [0.4, 0.5) is 0 Å². The third kappa shape index (κ3) is 3.42. The van der Waals surface area contributed by atoms with Gasteiger partial charge in [0.2, 0.25) is 5.91 Å². The van der Waals surface area contributed by atoms with Crippen molar-refractivity contribution in [3.63, 3.8) is 0 Å². The second kappa shape index (κ2) is 6.67. The third-order valence-corrected chi connectivity index (χ3v) is 6.82. The smallest absolute Gasteiger partial charge is 0.272 e. The Bertz CT molecular complexity index is 907. The number of aromatic nitrogens is 2. The molecule has 154 valence electrons. The van der Waals surface area contributed by atoms with Gasteiger partial charge < -0.3 is 10.2 Å². The van der Waals surface area contributed by atoms with Crippen LogP contribution in [0.2, 0.25) is 0 Å². The zero-order chi connectivity index (χ0) is 20.2. The third-order valence-electron chi connectivity index (χ3n) is 6.82. The van der Waals surface area contributed by atoms with Crippen molar-refractivity contribution < 1.29 is 14.4 Å². The number of nitrogens with one attached hydrogen (secondary N) is 2. The standard InChI is InChI=1S/C20H26N6O3/c1-25-15(10-14(24-25)12-2-3-12)19(29)26-8-6-20(7-9-26)11-16(20)21-18(28)13-4-5-17(27)23-22-13/h10,12,16H,2-9,11H2,1H3,(H,21,28)(H,23,27). The van der Waals surface area contributed by atoms with Gasteiger partial charge in [-0.15, -0.1) is 0 Å². The van der Waals surface area contributed by atoms with Gasteiger partial charge in [0.05, 0.1) is 5.69 Å². The fourth-order valence-corrected chi connectivity index (χ4v) is 4.57. The summed E-state index contributed by atoms with van der Waals surface area (Å²) >= 11 is 0. The monoisotopic (exact) mass is 398 g/mol. The Kier molecular flexibility index (Phi) is 4.22. The number of hydrogen-bond acceptors (Lipinski definition) is 5. The van der Waals surface area contributed by atoms with E-state index in [1.54, 1.807) is 4.68 Å². The summed E-state index contributed by atoms with van der Waals surface area (Å²) < 4.78 is 1.71. The van der Waals surface area contributed by atoms with Gasteiger partial charge in [-0.3, -0.25) is 19.1 Å². The van der Waals surface area contributed by atoms with Crippen LogP contribution in [-0.4, -0.2) is 57.2 Å². The van der Waals surface area contributed by atoms with Gasteiger partial charge in [-0.2, -0.15) is 10.2 Å². The number of hydrazone groups is 1. The fourth-order valence-electron chi connectivity index (χ4n) is 4.57. The average molecular weight is 398 g/mol. The molecule has 4 aliphatic rings. The highest BCUT2D eigenvalue weighted by Gasteiger charge is 2.56. The number of piperidine rings is 1. The van der Waals surface area contributed by atoms with Gasteiger partial charge in [-0.25, -0.2) is 5.43 Å². The summed E-state index contributed by atoms with van der Waals surface area (Å²) in [6.07, 6.45) is 5.74. The fraction of sp³-hybridized carbons (Fsp3) is 0.650. The zero-order valence-corrected chi connectivity index (χ0v) is 16.6. The molecular formula is C20H26N6O3. The van der Waals surface area contributed by atoms with Crippen molar-refractivity contribution in [1.29, 1.82) is 0 Å². The molecule has 1 saturated heterocycles. The first kappa shape index (κ1) is 18.3. The van der Waals surface area contributed by atoms with Crippen molar-refractivity contribution in [3.05, 3.63) is 17.5 Å². The van der Waals surface area contributed by atoms with Gasteiger partial charge in [-0.1, -0.05) is 0 Å². The molecule has 3 heterocycles. The van der Waals surface area contributed by atoms with Crippen LogP contribution in [0, 0.1) is 5.41 Å². The van der Waals surface area contributed by atoms with Crippen molar-refractivity contribution in [2.24, 2.45) is 17.6 Å². The van der Waals surface area contributed by atoms with E-state index in [-0.39, 0.29) is 29.2 Å². The summed E-state index contributed by atoms with van der Waals surface area (Å²) in [7, 11) is 1.84. The Morgan fingerprint density at radius 1 is 1.24 bits per heavy atom. The first-order chi connectivity index (χ1) is 13.9. The van der Waals surface area contributed by atoms with Crippen LogP contribution < -0.4 is 10.7 Å². The summed E-state index contributed by atoms with van der Waals surface area (Å²) in [5.74, 6) is 0.243. The van der Waals surface area contributed by atoms with Crippen molar-refractivity contribution in [3.8, 4) is 0 Å². The summed E-state index contributed by atoms with van der Waals surface area (Å²) in [6, 6.07) is 2.08. The highest BCUT2D eigenvalue weighted by atomic mass is 16.2. The normalized spacial score (nSPS) is 25.4. The van der Waals surface area contributed by atoms with E-state index in [1.165, 1.54) is 12.8 Å². The first-order valence-electron chi connectivity index (χ1n) is 10.4. The molecule has 9 heteroatoms. The summed E-state index contributed by atoms with van der Waals surface area (Å²) in [5, 5.41) is 11.4. The maximum Gasteiger partial charge on any atom is 0.272 e. The molecule has 5 rings (SSSR count). The molecule has 29 heavy (non-hydrogen) atoms. The Morgan fingerprint density at radius 2 is 2.00 bits per heavy atom. The van der Waals surface area contributed by atoms with E-state index in [2.05, 4.69) is 20.9 Å². The molecule has 3 fully saturated rings. The Balaban J connectivity index is 1.15. The lowest BCUT2D eigenvalue weighted by molar-refractivity contribution is -0.121. The minimum absolute atomic E-state index is 0.0512. The molecule has 0 aromatic carbocycles. The van der Waals surface area contributed by atoms with Gasteiger partial charge in [-0.05, 0) is 43.6 Å². The SMILES string of the molecule is Cn1nc(C2CC2)cc1C(=O)N1CCC2(CC1)CC2NC(=O)C1=NNC(=O)CC1. The number of carbonyl (C=O) groups excluding carboxylic acids is 3. The van der Waals surface area contributed by atoms with Crippen LogP contribution in [0.1, 0.15) is 67.0 Å². The lowest BCUT2D eigenvalue weighted by atomic mass is 9.92. The molecule has 3 amide bonds. The van der Waals surface area contributed by atoms with Gasteiger partial charge in [0, 0.05) is 44.9 Å². The number of amides is 3. The van der Waals surface area contributed by atoms with E-state index >= 15 is 0 Å². The van der Waals surface area contributed by atoms with E-state index in [4.69, 9.17) is 0 Å². The van der Waals surface area contributed by atoms with E-state index in [0.717, 1.165) is 25.0 Å². The Hall–Kier alpha value is -2.71. The Morgan fingerprint density at radius 3 is 2.66 bits per heavy atom.